The van der Waals surface area contributed by atoms with Crippen LogP contribution in [0.15, 0.2) is 47.4 Å². The van der Waals surface area contributed by atoms with E-state index in [0.29, 0.717) is 10.7 Å². The third-order valence-corrected chi connectivity index (χ3v) is 3.26. The van der Waals surface area contributed by atoms with Gasteiger partial charge >= 0.3 is 0 Å². The fourth-order valence-electron chi connectivity index (χ4n) is 1.81. The van der Waals surface area contributed by atoms with Gasteiger partial charge < -0.3 is 9.88 Å². The minimum absolute atomic E-state index is 0.191. The van der Waals surface area contributed by atoms with Crippen molar-refractivity contribution in [3.8, 4) is 0 Å². The smallest absolute Gasteiger partial charge is 0.251 e. The van der Waals surface area contributed by atoms with E-state index in [4.69, 9.17) is 11.6 Å². The Morgan fingerprint density at radius 2 is 1.90 bits per heavy atom. The third-order valence-electron chi connectivity index (χ3n) is 3.01. The van der Waals surface area contributed by atoms with Crippen LogP contribution in [0.25, 0.3) is 0 Å². The number of hydrogen-bond acceptors (Lipinski definition) is 2. The number of aromatic nitrogens is 1. The summed E-state index contributed by atoms with van der Waals surface area (Å²) in [4.78, 5) is 24.0. The molecule has 1 aromatic heterocycles. The minimum Gasteiger partial charge on any atom is -0.324 e. The van der Waals surface area contributed by atoms with Crippen molar-refractivity contribution in [3.05, 3.63) is 63.5 Å². The zero-order valence-electron chi connectivity index (χ0n) is 11.3. The number of benzene rings is 1. The van der Waals surface area contributed by atoms with E-state index in [-0.39, 0.29) is 11.5 Å². The molecule has 0 fully saturated rings. The van der Waals surface area contributed by atoms with Gasteiger partial charge in [0, 0.05) is 23.0 Å². The van der Waals surface area contributed by atoms with Crippen molar-refractivity contribution in [2.45, 2.75) is 19.9 Å². The number of carbonyl (C=O) groups is 1. The zero-order valence-corrected chi connectivity index (χ0v) is 12.0. The van der Waals surface area contributed by atoms with E-state index < -0.39 is 6.04 Å². The molecular formula is C15H15ClN2O2. The summed E-state index contributed by atoms with van der Waals surface area (Å²) in [5.74, 6) is -0.252. The number of amides is 1. The van der Waals surface area contributed by atoms with E-state index in [1.807, 2.05) is 6.92 Å². The van der Waals surface area contributed by atoms with Crippen LogP contribution in [0.5, 0.6) is 0 Å². The summed E-state index contributed by atoms with van der Waals surface area (Å²) in [6.07, 6.45) is 1.63. The lowest BCUT2D eigenvalue weighted by atomic mass is 10.2. The highest BCUT2D eigenvalue weighted by Crippen LogP contribution is 2.15. The van der Waals surface area contributed by atoms with Crippen LogP contribution >= 0.6 is 11.6 Å². The Hall–Kier alpha value is -2.07. The van der Waals surface area contributed by atoms with Crippen LogP contribution in [0.3, 0.4) is 0 Å². The molecule has 0 saturated carbocycles. The number of anilines is 1. The summed E-state index contributed by atoms with van der Waals surface area (Å²) >= 11 is 5.78. The summed E-state index contributed by atoms with van der Waals surface area (Å²) in [7, 11) is 0. The number of nitrogens with zero attached hydrogens (tertiary/aromatic N) is 1. The SMILES string of the molecule is Cc1ccn(C(C)C(=O)Nc2ccc(Cl)cc2)c(=O)c1. The van der Waals surface area contributed by atoms with Gasteiger partial charge in [-0.3, -0.25) is 9.59 Å². The van der Waals surface area contributed by atoms with Gasteiger partial charge in [0.25, 0.3) is 5.56 Å². The quantitative estimate of drug-likeness (QED) is 0.945. The molecule has 4 nitrogen and oxygen atoms in total. The van der Waals surface area contributed by atoms with Gasteiger partial charge in [-0.2, -0.15) is 0 Å². The Balaban J connectivity index is 2.16. The Morgan fingerprint density at radius 1 is 1.25 bits per heavy atom. The molecule has 1 unspecified atom stereocenters. The Labute approximate surface area is 122 Å². The average Bonchev–Trinajstić information content (AvgIpc) is 2.40. The monoisotopic (exact) mass is 290 g/mol. The number of aryl methyl sites for hydroxylation is 1. The van der Waals surface area contributed by atoms with Crippen molar-refractivity contribution < 1.29 is 4.79 Å². The van der Waals surface area contributed by atoms with Crippen molar-refractivity contribution >= 4 is 23.2 Å². The van der Waals surface area contributed by atoms with E-state index in [0.717, 1.165) is 5.56 Å². The van der Waals surface area contributed by atoms with Gasteiger partial charge in [-0.15, -0.1) is 0 Å². The van der Waals surface area contributed by atoms with E-state index in [1.165, 1.54) is 10.6 Å². The first-order chi connectivity index (χ1) is 9.47. The maximum atomic E-state index is 12.1. The highest BCUT2D eigenvalue weighted by atomic mass is 35.5. The molecule has 1 amide bonds. The maximum absolute atomic E-state index is 12.1. The largest absolute Gasteiger partial charge is 0.324 e. The maximum Gasteiger partial charge on any atom is 0.251 e. The third kappa shape index (κ3) is 3.27. The number of nitrogens with one attached hydrogen (secondary N) is 1. The normalized spacial score (nSPS) is 11.9. The molecule has 1 N–H and O–H groups in total. The minimum atomic E-state index is -0.584. The van der Waals surface area contributed by atoms with Crippen molar-refractivity contribution in [1.82, 2.24) is 4.57 Å². The van der Waals surface area contributed by atoms with Crippen LogP contribution < -0.4 is 10.9 Å². The molecule has 5 heteroatoms. The van der Waals surface area contributed by atoms with E-state index in [9.17, 15) is 9.59 Å². The Kier molecular flexibility index (Phi) is 4.25. The van der Waals surface area contributed by atoms with Gasteiger partial charge in [0.1, 0.15) is 6.04 Å². The molecular weight excluding hydrogens is 276 g/mol. The van der Waals surface area contributed by atoms with Crippen molar-refractivity contribution in [2.75, 3.05) is 5.32 Å². The van der Waals surface area contributed by atoms with Crippen molar-refractivity contribution in [2.24, 2.45) is 0 Å². The van der Waals surface area contributed by atoms with Crippen molar-refractivity contribution in [3.63, 3.8) is 0 Å². The second-order valence-corrected chi connectivity index (χ2v) is 5.06. The molecule has 1 aromatic carbocycles. The first-order valence-electron chi connectivity index (χ1n) is 6.22. The van der Waals surface area contributed by atoms with Gasteiger partial charge in [0.2, 0.25) is 5.91 Å². The van der Waals surface area contributed by atoms with E-state index >= 15 is 0 Å². The molecule has 0 aliphatic rings. The fraction of sp³-hybridized carbons (Fsp3) is 0.200. The molecule has 0 spiro atoms. The first-order valence-corrected chi connectivity index (χ1v) is 6.60. The second-order valence-electron chi connectivity index (χ2n) is 4.62. The standard InChI is InChI=1S/C15H15ClN2O2/c1-10-7-8-18(14(19)9-10)11(2)15(20)17-13-5-3-12(16)4-6-13/h3-9,11H,1-2H3,(H,17,20). The van der Waals surface area contributed by atoms with Crippen LogP contribution in [-0.2, 0) is 4.79 Å². The fourth-order valence-corrected chi connectivity index (χ4v) is 1.94. The van der Waals surface area contributed by atoms with Crippen LogP contribution in [0, 0.1) is 6.92 Å². The van der Waals surface area contributed by atoms with Crippen LogP contribution in [0.1, 0.15) is 18.5 Å². The van der Waals surface area contributed by atoms with Gasteiger partial charge in [-0.1, -0.05) is 11.6 Å². The molecule has 1 heterocycles. The zero-order chi connectivity index (χ0) is 14.7. The van der Waals surface area contributed by atoms with Crippen LogP contribution in [-0.4, -0.2) is 10.5 Å². The second kappa shape index (κ2) is 5.92. The molecule has 0 radical (unpaired) electrons. The number of rotatable bonds is 3. The van der Waals surface area contributed by atoms with Gasteiger partial charge in [0.05, 0.1) is 0 Å². The highest BCUT2D eigenvalue weighted by Gasteiger charge is 2.15. The molecule has 0 aliphatic heterocycles. The first kappa shape index (κ1) is 14.3. The predicted molar refractivity (Wildman–Crippen MR) is 80.2 cm³/mol. The van der Waals surface area contributed by atoms with Gasteiger partial charge in [-0.05, 0) is 49.7 Å². The number of halogens is 1. The Bertz CT molecular complexity index is 677. The number of hydrogen-bond donors (Lipinski definition) is 1. The summed E-state index contributed by atoms with van der Waals surface area (Å²) in [5, 5.41) is 3.35. The molecule has 2 rings (SSSR count). The van der Waals surface area contributed by atoms with Gasteiger partial charge in [-0.25, -0.2) is 0 Å². The lowest BCUT2D eigenvalue weighted by Gasteiger charge is -2.15. The van der Waals surface area contributed by atoms with E-state index in [2.05, 4.69) is 5.32 Å². The molecule has 2 aromatic rings. The van der Waals surface area contributed by atoms with Crippen LogP contribution in [0.4, 0.5) is 5.69 Å². The lowest BCUT2D eigenvalue weighted by molar-refractivity contribution is -0.118. The highest BCUT2D eigenvalue weighted by molar-refractivity contribution is 6.30. The summed E-state index contributed by atoms with van der Waals surface area (Å²) < 4.78 is 1.40. The molecule has 0 aliphatic carbocycles. The summed E-state index contributed by atoms with van der Waals surface area (Å²) in [5.41, 5.74) is 1.33. The molecule has 0 saturated heterocycles. The topological polar surface area (TPSA) is 51.1 Å². The number of pyridine rings is 1. The average molecular weight is 291 g/mol. The molecule has 1 atom stereocenters. The molecule has 104 valence electrons. The lowest BCUT2D eigenvalue weighted by Crippen LogP contribution is -2.31. The Morgan fingerprint density at radius 3 is 2.50 bits per heavy atom. The predicted octanol–water partition coefficient (Wildman–Crippen LogP) is 3.01. The molecule has 0 bridgehead atoms. The van der Waals surface area contributed by atoms with Crippen LogP contribution in [0.2, 0.25) is 5.02 Å². The number of carbonyl (C=O) groups excluding carboxylic acids is 1. The molecule has 20 heavy (non-hydrogen) atoms. The van der Waals surface area contributed by atoms with Crippen molar-refractivity contribution in [1.29, 1.82) is 0 Å². The summed E-state index contributed by atoms with van der Waals surface area (Å²) in [6, 6.07) is 9.54. The summed E-state index contributed by atoms with van der Waals surface area (Å²) in [6.45, 7) is 3.52. The van der Waals surface area contributed by atoms with E-state index in [1.54, 1.807) is 43.5 Å². The van der Waals surface area contributed by atoms with Gasteiger partial charge in [0.15, 0.2) is 0 Å².